The molecule has 33 heavy (non-hydrogen) atoms. The summed E-state index contributed by atoms with van der Waals surface area (Å²) in [4.78, 5) is 26.7. The smallest absolute Gasteiger partial charge is 0.287 e. The monoisotopic (exact) mass is 452 g/mol. The predicted octanol–water partition coefficient (Wildman–Crippen LogP) is 4.20. The van der Waals surface area contributed by atoms with Crippen LogP contribution in [-0.4, -0.2) is 32.1 Å². The van der Waals surface area contributed by atoms with Gasteiger partial charge in [-0.25, -0.2) is 0 Å². The minimum absolute atomic E-state index is 0.0922. The number of nitrogens with one attached hydrogen (secondary N) is 2. The number of rotatable bonds is 9. The van der Waals surface area contributed by atoms with E-state index in [9.17, 15) is 9.59 Å². The van der Waals surface area contributed by atoms with Crippen molar-refractivity contribution in [2.24, 2.45) is 0 Å². The Kier molecular flexibility index (Phi) is 7.02. The lowest BCUT2D eigenvalue weighted by atomic mass is 9.87. The number of hydrogen-bond donors (Lipinski definition) is 2. The van der Waals surface area contributed by atoms with Crippen molar-refractivity contribution in [3.8, 4) is 11.5 Å². The van der Waals surface area contributed by atoms with Crippen LogP contribution in [0.2, 0.25) is 0 Å². The molecule has 0 spiro atoms. The van der Waals surface area contributed by atoms with Crippen LogP contribution >= 0.6 is 0 Å². The Balaban J connectivity index is 1.78. The molecule has 2 atom stereocenters. The molecule has 4 rings (SSSR count). The molecule has 2 unspecified atom stereocenters. The number of methoxy groups -OCH3 is 2. The Morgan fingerprint density at radius 1 is 0.970 bits per heavy atom. The molecule has 8 heteroatoms. The molecule has 2 N–H and O–H groups in total. The van der Waals surface area contributed by atoms with E-state index in [-0.39, 0.29) is 17.7 Å². The second kappa shape index (κ2) is 10.3. The van der Waals surface area contributed by atoms with Gasteiger partial charge in [0.2, 0.25) is 5.91 Å². The van der Waals surface area contributed by atoms with Gasteiger partial charge < -0.3 is 28.9 Å². The minimum Gasteiger partial charge on any atom is -0.493 e. The van der Waals surface area contributed by atoms with Gasteiger partial charge >= 0.3 is 0 Å². The summed E-state index contributed by atoms with van der Waals surface area (Å²) in [5, 5.41) is 6.10. The van der Waals surface area contributed by atoms with E-state index in [4.69, 9.17) is 18.3 Å². The Hall–Kier alpha value is -3.68. The Bertz CT molecular complexity index is 1050. The van der Waals surface area contributed by atoms with Gasteiger partial charge in [0.1, 0.15) is 11.8 Å². The topological polar surface area (TPSA) is 103 Å². The van der Waals surface area contributed by atoms with Crippen LogP contribution in [0.15, 0.2) is 63.8 Å². The normalized spacial score (nSPS) is 15.6. The fourth-order valence-electron chi connectivity index (χ4n) is 4.40. The molecule has 1 aromatic carbocycles. The summed E-state index contributed by atoms with van der Waals surface area (Å²) in [6, 6.07) is 11.3. The average molecular weight is 453 g/mol. The molecule has 0 saturated heterocycles. The zero-order valence-corrected chi connectivity index (χ0v) is 18.7. The van der Waals surface area contributed by atoms with Crippen LogP contribution in [0.4, 0.5) is 0 Å². The highest BCUT2D eigenvalue weighted by molar-refractivity contribution is 5.93. The van der Waals surface area contributed by atoms with E-state index in [1.165, 1.54) is 26.7 Å². The quantitative estimate of drug-likeness (QED) is 0.504. The molecule has 0 radical (unpaired) electrons. The van der Waals surface area contributed by atoms with Crippen LogP contribution in [-0.2, 0) is 4.79 Å². The molecule has 0 bridgehead atoms. The molecule has 2 heterocycles. The third kappa shape index (κ3) is 4.89. The third-order valence-electron chi connectivity index (χ3n) is 5.97. The maximum Gasteiger partial charge on any atom is 0.287 e. The molecular weight excluding hydrogens is 424 g/mol. The van der Waals surface area contributed by atoms with Gasteiger partial charge in [0, 0.05) is 11.6 Å². The first-order chi connectivity index (χ1) is 16.1. The number of carbonyl (C=O) groups excluding carboxylic acids is 2. The summed E-state index contributed by atoms with van der Waals surface area (Å²) < 4.78 is 22.0. The van der Waals surface area contributed by atoms with Crippen LogP contribution in [0.1, 0.15) is 59.5 Å². The van der Waals surface area contributed by atoms with Crippen LogP contribution in [0.3, 0.4) is 0 Å². The third-order valence-corrected chi connectivity index (χ3v) is 5.97. The maximum atomic E-state index is 13.7. The molecular formula is C25H28N2O6. The lowest BCUT2D eigenvalue weighted by molar-refractivity contribution is -0.124. The van der Waals surface area contributed by atoms with Crippen molar-refractivity contribution < 1.29 is 27.9 Å². The SMILES string of the molecule is COc1cccc(C(C(=O)NC2CCCC2)C(NC(=O)c2ccco2)c2ccco2)c1OC. The van der Waals surface area contributed by atoms with Gasteiger partial charge in [0.25, 0.3) is 5.91 Å². The molecule has 1 aliphatic carbocycles. The van der Waals surface area contributed by atoms with E-state index >= 15 is 0 Å². The van der Waals surface area contributed by atoms with Crippen molar-refractivity contribution in [3.05, 3.63) is 72.1 Å². The number of amides is 2. The van der Waals surface area contributed by atoms with E-state index in [0.717, 1.165) is 25.7 Å². The molecule has 1 saturated carbocycles. The Morgan fingerprint density at radius 3 is 2.36 bits per heavy atom. The molecule has 1 fully saturated rings. The first kappa shape index (κ1) is 22.5. The highest BCUT2D eigenvalue weighted by Crippen LogP contribution is 2.41. The summed E-state index contributed by atoms with van der Waals surface area (Å²) in [6.45, 7) is 0. The van der Waals surface area contributed by atoms with Crippen molar-refractivity contribution in [1.82, 2.24) is 10.6 Å². The summed E-state index contributed by atoms with van der Waals surface area (Å²) in [7, 11) is 3.06. The van der Waals surface area contributed by atoms with Crippen molar-refractivity contribution in [3.63, 3.8) is 0 Å². The lowest BCUT2D eigenvalue weighted by Crippen LogP contribution is -2.43. The van der Waals surface area contributed by atoms with E-state index in [2.05, 4.69) is 10.6 Å². The van der Waals surface area contributed by atoms with E-state index in [1.54, 1.807) is 42.5 Å². The van der Waals surface area contributed by atoms with Crippen molar-refractivity contribution >= 4 is 11.8 Å². The number of hydrogen-bond acceptors (Lipinski definition) is 6. The van der Waals surface area contributed by atoms with Crippen molar-refractivity contribution in [2.75, 3.05) is 14.2 Å². The number of furan rings is 2. The van der Waals surface area contributed by atoms with Crippen LogP contribution in [0, 0.1) is 0 Å². The van der Waals surface area contributed by atoms with Crippen LogP contribution < -0.4 is 20.1 Å². The van der Waals surface area contributed by atoms with Gasteiger partial charge in [-0.3, -0.25) is 9.59 Å². The Morgan fingerprint density at radius 2 is 1.73 bits per heavy atom. The maximum absolute atomic E-state index is 13.7. The summed E-state index contributed by atoms with van der Waals surface area (Å²) >= 11 is 0. The highest BCUT2D eigenvalue weighted by Gasteiger charge is 2.38. The number of benzene rings is 1. The minimum atomic E-state index is -0.847. The summed E-state index contributed by atoms with van der Waals surface area (Å²) in [5.41, 5.74) is 0.577. The fraction of sp³-hybridized carbons (Fsp3) is 0.360. The molecule has 174 valence electrons. The highest BCUT2D eigenvalue weighted by atomic mass is 16.5. The molecule has 1 aliphatic rings. The number of para-hydroxylation sites is 1. The Labute approximate surface area is 192 Å². The fourth-order valence-corrected chi connectivity index (χ4v) is 4.40. The summed E-state index contributed by atoms with van der Waals surface area (Å²) in [6.07, 6.45) is 6.95. The largest absolute Gasteiger partial charge is 0.493 e. The van der Waals surface area contributed by atoms with Crippen LogP contribution in [0.25, 0.3) is 0 Å². The first-order valence-electron chi connectivity index (χ1n) is 11.0. The van der Waals surface area contributed by atoms with Crippen LogP contribution in [0.5, 0.6) is 11.5 Å². The van der Waals surface area contributed by atoms with E-state index in [0.29, 0.717) is 22.8 Å². The van der Waals surface area contributed by atoms with Gasteiger partial charge in [-0.05, 0) is 43.2 Å². The second-order valence-corrected chi connectivity index (χ2v) is 7.99. The van der Waals surface area contributed by atoms with Gasteiger partial charge in [0.05, 0.1) is 32.7 Å². The van der Waals surface area contributed by atoms with Gasteiger partial charge in [-0.1, -0.05) is 25.0 Å². The average Bonchev–Trinajstić information content (AvgIpc) is 3.62. The molecule has 2 amide bonds. The van der Waals surface area contributed by atoms with E-state index < -0.39 is 17.9 Å². The zero-order chi connectivity index (χ0) is 23.2. The molecule has 8 nitrogen and oxygen atoms in total. The zero-order valence-electron chi connectivity index (χ0n) is 18.7. The van der Waals surface area contributed by atoms with Gasteiger partial charge in [-0.15, -0.1) is 0 Å². The molecule has 2 aromatic heterocycles. The lowest BCUT2D eigenvalue weighted by Gasteiger charge is -2.29. The van der Waals surface area contributed by atoms with Gasteiger partial charge in [-0.2, -0.15) is 0 Å². The van der Waals surface area contributed by atoms with E-state index in [1.807, 2.05) is 0 Å². The number of carbonyl (C=O) groups is 2. The standard InChI is InChI=1S/C25H28N2O6/c1-30-19-11-5-10-17(23(19)31-2)21(25(29)26-16-8-3-4-9-16)22(18-12-6-14-32-18)27-24(28)20-13-7-15-33-20/h5-7,10-16,21-22H,3-4,8-9H2,1-2H3,(H,26,29)(H,27,28). The van der Waals surface area contributed by atoms with Crippen molar-refractivity contribution in [2.45, 2.75) is 43.7 Å². The molecule has 3 aromatic rings. The number of ether oxygens (including phenoxy) is 2. The van der Waals surface area contributed by atoms with Crippen molar-refractivity contribution in [1.29, 1.82) is 0 Å². The molecule has 0 aliphatic heterocycles. The van der Waals surface area contributed by atoms with Gasteiger partial charge in [0.15, 0.2) is 17.3 Å². The second-order valence-electron chi connectivity index (χ2n) is 7.99. The predicted molar refractivity (Wildman–Crippen MR) is 120 cm³/mol. The first-order valence-corrected chi connectivity index (χ1v) is 11.0. The summed E-state index contributed by atoms with van der Waals surface area (Å²) in [5.74, 6) is -0.0395.